The smallest absolute Gasteiger partial charge is 0.329 e. The zero-order valence-electron chi connectivity index (χ0n) is 19.8. The number of aryl methyl sites for hydroxylation is 2. The number of benzene rings is 2. The molecule has 0 aliphatic carbocycles. The Morgan fingerprint density at radius 1 is 0.971 bits per heavy atom. The lowest BCUT2D eigenvalue weighted by Crippen LogP contribution is -2.39. The summed E-state index contributed by atoms with van der Waals surface area (Å²) in [5.41, 5.74) is 5.55. The number of anilines is 1. The SMILES string of the molecule is CCOc1cc(/C=N\NC(=O)C(=O)NCCOC)ccc1OCC(=O)Nc1cc(C)cc(C)c1. The van der Waals surface area contributed by atoms with Gasteiger partial charge in [0.25, 0.3) is 5.91 Å². The van der Waals surface area contributed by atoms with Crippen molar-refractivity contribution in [3.8, 4) is 11.5 Å². The molecule has 3 amide bonds. The molecule has 3 N–H and O–H groups in total. The van der Waals surface area contributed by atoms with Gasteiger partial charge in [-0.15, -0.1) is 0 Å². The monoisotopic (exact) mass is 470 g/mol. The Labute approximate surface area is 198 Å². The summed E-state index contributed by atoms with van der Waals surface area (Å²) in [7, 11) is 1.49. The third-order valence-electron chi connectivity index (χ3n) is 4.31. The van der Waals surface area contributed by atoms with Crippen LogP contribution in [0.5, 0.6) is 11.5 Å². The van der Waals surface area contributed by atoms with Gasteiger partial charge in [-0.25, -0.2) is 5.43 Å². The second kappa shape index (κ2) is 13.6. The maximum absolute atomic E-state index is 12.3. The van der Waals surface area contributed by atoms with Crippen molar-refractivity contribution in [2.24, 2.45) is 5.10 Å². The number of hydrogen-bond donors (Lipinski definition) is 3. The summed E-state index contributed by atoms with van der Waals surface area (Å²) in [5.74, 6) is -1.21. The van der Waals surface area contributed by atoms with E-state index < -0.39 is 11.8 Å². The molecule has 0 spiro atoms. The third kappa shape index (κ3) is 8.91. The van der Waals surface area contributed by atoms with E-state index in [9.17, 15) is 14.4 Å². The first-order valence-corrected chi connectivity index (χ1v) is 10.7. The van der Waals surface area contributed by atoms with Gasteiger partial charge in [-0.1, -0.05) is 6.07 Å². The van der Waals surface area contributed by atoms with E-state index in [0.29, 0.717) is 36.0 Å². The van der Waals surface area contributed by atoms with Crippen LogP contribution in [-0.2, 0) is 19.1 Å². The van der Waals surface area contributed by atoms with E-state index in [1.807, 2.05) is 39.0 Å². The number of hydrazone groups is 1. The van der Waals surface area contributed by atoms with E-state index in [2.05, 4.69) is 21.2 Å². The highest BCUT2D eigenvalue weighted by Crippen LogP contribution is 2.28. The van der Waals surface area contributed by atoms with Crippen molar-refractivity contribution in [3.63, 3.8) is 0 Å². The Balaban J connectivity index is 1.95. The van der Waals surface area contributed by atoms with Crippen molar-refractivity contribution in [1.82, 2.24) is 10.7 Å². The van der Waals surface area contributed by atoms with Gasteiger partial charge in [0.1, 0.15) is 0 Å². The summed E-state index contributed by atoms with van der Waals surface area (Å²) in [6, 6.07) is 10.7. The fourth-order valence-corrected chi connectivity index (χ4v) is 2.94. The molecule has 0 atom stereocenters. The summed E-state index contributed by atoms with van der Waals surface area (Å²) in [6.45, 7) is 6.43. The van der Waals surface area contributed by atoms with Gasteiger partial charge in [-0.3, -0.25) is 14.4 Å². The van der Waals surface area contributed by atoms with Gasteiger partial charge >= 0.3 is 11.8 Å². The van der Waals surface area contributed by atoms with Crippen LogP contribution < -0.4 is 25.5 Å². The molecule has 2 aromatic carbocycles. The molecule has 0 saturated heterocycles. The van der Waals surface area contributed by atoms with Gasteiger partial charge in [0.15, 0.2) is 18.1 Å². The Kier molecular flexibility index (Phi) is 10.5. The van der Waals surface area contributed by atoms with E-state index in [0.717, 1.165) is 11.1 Å². The number of carbonyl (C=O) groups excluding carboxylic acids is 3. The lowest BCUT2D eigenvalue weighted by Gasteiger charge is -2.13. The first kappa shape index (κ1) is 26.3. The van der Waals surface area contributed by atoms with E-state index in [4.69, 9.17) is 14.2 Å². The molecule has 0 aliphatic rings. The van der Waals surface area contributed by atoms with Crippen LogP contribution in [0.2, 0.25) is 0 Å². The van der Waals surface area contributed by atoms with Gasteiger partial charge in [-0.05, 0) is 67.8 Å². The largest absolute Gasteiger partial charge is 0.490 e. The molecule has 0 aromatic heterocycles. The normalized spacial score (nSPS) is 10.6. The van der Waals surface area contributed by atoms with Crippen LogP contribution >= 0.6 is 0 Å². The number of rotatable bonds is 11. The van der Waals surface area contributed by atoms with Gasteiger partial charge in [0.2, 0.25) is 0 Å². The van der Waals surface area contributed by atoms with Gasteiger partial charge in [0.05, 0.1) is 19.4 Å². The number of nitrogens with zero attached hydrogens (tertiary/aromatic N) is 1. The summed E-state index contributed by atoms with van der Waals surface area (Å²) in [4.78, 5) is 35.6. The van der Waals surface area contributed by atoms with Crippen LogP contribution in [-0.4, -0.2) is 57.4 Å². The van der Waals surface area contributed by atoms with Crippen LogP contribution in [0, 0.1) is 13.8 Å². The number of ether oxygens (including phenoxy) is 3. The summed E-state index contributed by atoms with van der Waals surface area (Å²) < 4.78 is 16.0. The topological polar surface area (TPSA) is 127 Å². The second-order valence-electron chi connectivity index (χ2n) is 7.30. The molecule has 34 heavy (non-hydrogen) atoms. The highest BCUT2D eigenvalue weighted by Gasteiger charge is 2.12. The van der Waals surface area contributed by atoms with Crippen molar-refractivity contribution in [2.75, 3.05) is 38.8 Å². The second-order valence-corrected chi connectivity index (χ2v) is 7.30. The lowest BCUT2D eigenvalue weighted by molar-refractivity contribution is -0.139. The average molecular weight is 471 g/mol. The first-order chi connectivity index (χ1) is 16.3. The fourth-order valence-electron chi connectivity index (χ4n) is 2.94. The minimum Gasteiger partial charge on any atom is -0.490 e. The standard InChI is InChI=1S/C24H30N4O6/c1-5-33-21-13-18(14-26-28-24(31)23(30)25-8-9-32-4)6-7-20(21)34-15-22(29)27-19-11-16(2)10-17(3)12-19/h6-7,10-14H,5,8-9,15H2,1-4H3,(H,25,30)(H,27,29)(H,28,31)/b26-14-. The molecule has 0 fully saturated rings. The minimum atomic E-state index is -0.896. The van der Waals surface area contributed by atoms with Crippen LogP contribution in [0.3, 0.4) is 0 Å². The number of amides is 3. The van der Waals surface area contributed by atoms with Gasteiger partial charge in [0, 0.05) is 19.3 Å². The molecular formula is C24H30N4O6. The molecule has 2 aromatic rings. The van der Waals surface area contributed by atoms with E-state index in [1.54, 1.807) is 18.2 Å². The van der Waals surface area contributed by atoms with Gasteiger partial charge in [-0.2, -0.15) is 5.10 Å². The molecule has 10 nitrogen and oxygen atoms in total. The quantitative estimate of drug-likeness (QED) is 0.199. The molecule has 2 rings (SSSR count). The van der Waals surface area contributed by atoms with Gasteiger partial charge < -0.3 is 24.8 Å². The Morgan fingerprint density at radius 2 is 1.71 bits per heavy atom. The zero-order chi connectivity index (χ0) is 24.9. The predicted molar refractivity (Wildman–Crippen MR) is 128 cm³/mol. The van der Waals surface area contributed by atoms with Crippen molar-refractivity contribution >= 4 is 29.6 Å². The predicted octanol–water partition coefficient (Wildman–Crippen LogP) is 1.93. The van der Waals surface area contributed by atoms with Crippen LogP contribution in [0.25, 0.3) is 0 Å². The molecule has 0 aliphatic heterocycles. The number of hydrogen-bond acceptors (Lipinski definition) is 7. The van der Waals surface area contributed by atoms with Crippen LogP contribution in [0.4, 0.5) is 5.69 Å². The number of nitrogens with one attached hydrogen (secondary N) is 3. The summed E-state index contributed by atoms with van der Waals surface area (Å²) in [5, 5.41) is 8.98. The summed E-state index contributed by atoms with van der Waals surface area (Å²) >= 11 is 0. The molecule has 10 heteroatoms. The molecular weight excluding hydrogens is 440 g/mol. The molecule has 0 radical (unpaired) electrons. The minimum absolute atomic E-state index is 0.200. The Morgan fingerprint density at radius 3 is 2.38 bits per heavy atom. The Bertz CT molecular complexity index is 1020. The first-order valence-electron chi connectivity index (χ1n) is 10.7. The van der Waals surface area contributed by atoms with Crippen molar-refractivity contribution < 1.29 is 28.6 Å². The Hall–Kier alpha value is -3.92. The average Bonchev–Trinajstić information content (AvgIpc) is 2.78. The lowest BCUT2D eigenvalue weighted by atomic mass is 10.1. The number of methoxy groups -OCH3 is 1. The van der Waals surface area contributed by atoms with Crippen molar-refractivity contribution in [1.29, 1.82) is 0 Å². The summed E-state index contributed by atoms with van der Waals surface area (Å²) in [6.07, 6.45) is 1.36. The molecule has 0 unspecified atom stereocenters. The maximum Gasteiger partial charge on any atom is 0.329 e. The highest BCUT2D eigenvalue weighted by molar-refractivity contribution is 6.35. The number of carbonyl (C=O) groups is 3. The molecule has 0 saturated carbocycles. The highest BCUT2D eigenvalue weighted by atomic mass is 16.5. The van der Waals surface area contributed by atoms with E-state index in [1.165, 1.54) is 13.3 Å². The zero-order valence-corrected chi connectivity index (χ0v) is 19.8. The third-order valence-corrected chi connectivity index (χ3v) is 4.31. The van der Waals surface area contributed by atoms with Crippen LogP contribution in [0.1, 0.15) is 23.6 Å². The van der Waals surface area contributed by atoms with Crippen molar-refractivity contribution in [3.05, 3.63) is 53.1 Å². The van der Waals surface area contributed by atoms with Crippen LogP contribution in [0.15, 0.2) is 41.5 Å². The van der Waals surface area contributed by atoms with Crippen molar-refractivity contribution in [2.45, 2.75) is 20.8 Å². The molecule has 0 heterocycles. The fraction of sp³-hybridized carbons (Fsp3) is 0.333. The molecule has 0 bridgehead atoms. The van der Waals surface area contributed by atoms with E-state index >= 15 is 0 Å². The van der Waals surface area contributed by atoms with E-state index in [-0.39, 0.29) is 19.1 Å². The maximum atomic E-state index is 12.3. The molecule has 182 valence electrons.